The van der Waals surface area contributed by atoms with Crippen LogP contribution in [0.1, 0.15) is 17.7 Å². The molecule has 0 aliphatic heterocycles. The second kappa shape index (κ2) is 4.91. The van der Waals surface area contributed by atoms with Crippen molar-refractivity contribution in [3.05, 3.63) is 36.3 Å². The van der Waals surface area contributed by atoms with E-state index >= 15 is 0 Å². The van der Waals surface area contributed by atoms with Gasteiger partial charge in [0.15, 0.2) is 5.82 Å². The Morgan fingerprint density at radius 3 is 3.12 bits per heavy atom. The first-order chi connectivity index (χ1) is 7.75. The van der Waals surface area contributed by atoms with Gasteiger partial charge in [0.05, 0.1) is 12.8 Å². The van der Waals surface area contributed by atoms with Crippen molar-refractivity contribution in [3.63, 3.8) is 0 Å². The topological polar surface area (TPSA) is 76.1 Å². The first-order valence-corrected chi connectivity index (χ1v) is 5.02. The van der Waals surface area contributed by atoms with Crippen LogP contribution in [-0.2, 0) is 13.6 Å². The summed E-state index contributed by atoms with van der Waals surface area (Å²) in [5.41, 5.74) is 0. The summed E-state index contributed by atoms with van der Waals surface area (Å²) in [6.07, 6.45) is 2.54. The summed E-state index contributed by atoms with van der Waals surface area (Å²) < 4.78 is 6.72. The highest BCUT2D eigenvalue weighted by Crippen LogP contribution is 2.11. The van der Waals surface area contributed by atoms with Crippen LogP contribution in [0.3, 0.4) is 0 Å². The summed E-state index contributed by atoms with van der Waals surface area (Å²) in [5.74, 6) is 1.26. The molecule has 2 N–H and O–H groups in total. The summed E-state index contributed by atoms with van der Waals surface area (Å²) in [7, 11) is 1.81. The number of hydrogen-bond acceptors (Lipinski definition) is 5. The molecule has 0 aliphatic rings. The Kier molecular flexibility index (Phi) is 3.33. The highest BCUT2D eigenvalue weighted by Gasteiger charge is 2.09. The minimum absolute atomic E-state index is 0.408. The Morgan fingerprint density at radius 2 is 2.50 bits per heavy atom. The Bertz CT molecular complexity index is 424. The van der Waals surface area contributed by atoms with Crippen LogP contribution >= 0.6 is 0 Å². The highest BCUT2D eigenvalue weighted by atomic mass is 16.4. The fraction of sp³-hybridized carbons (Fsp3) is 0.400. The Hall–Kier alpha value is -1.66. The SMILES string of the molecule is Cn1cnc(CNCC(O)c2ccco2)n1. The van der Waals surface area contributed by atoms with E-state index in [4.69, 9.17) is 4.42 Å². The molecule has 1 atom stereocenters. The smallest absolute Gasteiger partial charge is 0.164 e. The third-order valence-electron chi connectivity index (χ3n) is 2.14. The molecular weight excluding hydrogens is 208 g/mol. The zero-order valence-corrected chi connectivity index (χ0v) is 9.00. The van der Waals surface area contributed by atoms with Gasteiger partial charge in [-0.15, -0.1) is 0 Å². The number of furan rings is 1. The van der Waals surface area contributed by atoms with Gasteiger partial charge in [-0.2, -0.15) is 5.10 Å². The molecule has 2 aromatic rings. The van der Waals surface area contributed by atoms with Crippen LogP contribution in [0.15, 0.2) is 29.1 Å². The predicted octanol–water partition coefficient (Wildman–Crippen LogP) is 0.231. The minimum atomic E-state index is -0.640. The number of hydrogen-bond donors (Lipinski definition) is 2. The number of nitrogens with one attached hydrogen (secondary N) is 1. The van der Waals surface area contributed by atoms with Crippen LogP contribution < -0.4 is 5.32 Å². The van der Waals surface area contributed by atoms with E-state index in [2.05, 4.69) is 15.4 Å². The molecule has 2 aromatic heterocycles. The van der Waals surface area contributed by atoms with Crippen molar-refractivity contribution in [2.45, 2.75) is 12.6 Å². The van der Waals surface area contributed by atoms with Gasteiger partial charge < -0.3 is 14.8 Å². The zero-order valence-electron chi connectivity index (χ0n) is 9.00. The Morgan fingerprint density at radius 1 is 1.62 bits per heavy atom. The molecule has 6 heteroatoms. The quantitative estimate of drug-likeness (QED) is 0.757. The van der Waals surface area contributed by atoms with Gasteiger partial charge >= 0.3 is 0 Å². The van der Waals surface area contributed by atoms with E-state index < -0.39 is 6.10 Å². The maximum atomic E-state index is 9.69. The molecule has 0 saturated heterocycles. The summed E-state index contributed by atoms with van der Waals surface area (Å²) in [6, 6.07) is 3.49. The van der Waals surface area contributed by atoms with Gasteiger partial charge in [-0.25, -0.2) is 4.98 Å². The normalized spacial score (nSPS) is 12.9. The van der Waals surface area contributed by atoms with Crippen molar-refractivity contribution < 1.29 is 9.52 Å². The second-order valence-electron chi connectivity index (χ2n) is 3.50. The molecule has 0 saturated carbocycles. The minimum Gasteiger partial charge on any atom is -0.467 e. The lowest BCUT2D eigenvalue weighted by molar-refractivity contribution is 0.147. The molecule has 0 fully saturated rings. The lowest BCUT2D eigenvalue weighted by Crippen LogP contribution is -2.21. The van der Waals surface area contributed by atoms with Crippen LogP contribution in [0.5, 0.6) is 0 Å². The molecule has 16 heavy (non-hydrogen) atoms. The monoisotopic (exact) mass is 222 g/mol. The van der Waals surface area contributed by atoms with Crippen molar-refractivity contribution in [3.8, 4) is 0 Å². The standard InChI is InChI=1S/C10H14N4O2/c1-14-7-12-10(13-14)6-11-5-8(15)9-3-2-4-16-9/h2-4,7-8,11,15H,5-6H2,1H3. The molecule has 2 heterocycles. The maximum absolute atomic E-state index is 9.69. The molecular formula is C10H14N4O2. The fourth-order valence-corrected chi connectivity index (χ4v) is 1.37. The predicted molar refractivity (Wildman–Crippen MR) is 56.4 cm³/mol. The van der Waals surface area contributed by atoms with Crippen molar-refractivity contribution in [2.75, 3.05) is 6.54 Å². The van der Waals surface area contributed by atoms with Gasteiger partial charge in [0, 0.05) is 13.6 Å². The van der Waals surface area contributed by atoms with Gasteiger partial charge in [0.1, 0.15) is 18.2 Å². The lowest BCUT2D eigenvalue weighted by atomic mass is 10.3. The Balaban J connectivity index is 1.76. The van der Waals surface area contributed by atoms with E-state index in [1.807, 2.05) is 7.05 Å². The third-order valence-corrected chi connectivity index (χ3v) is 2.14. The molecule has 6 nitrogen and oxygen atoms in total. The summed E-state index contributed by atoms with van der Waals surface area (Å²) in [5, 5.41) is 16.9. The van der Waals surface area contributed by atoms with Crippen LogP contribution in [0.4, 0.5) is 0 Å². The molecule has 1 unspecified atom stereocenters. The Labute approximate surface area is 92.9 Å². The molecule has 0 aliphatic carbocycles. The van der Waals surface area contributed by atoms with Crippen LogP contribution in [0.2, 0.25) is 0 Å². The average Bonchev–Trinajstić information content (AvgIpc) is 2.89. The molecule has 86 valence electrons. The zero-order chi connectivity index (χ0) is 11.4. The van der Waals surface area contributed by atoms with E-state index in [0.717, 1.165) is 0 Å². The average molecular weight is 222 g/mol. The van der Waals surface area contributed by atoms with Crippen LogP contribution in [0, 0.1) is 0 Å². The number of aliphatic hydroxyl groups is 1. The van der Waals surface area contributed by atoms with Gasteiger partial charge in [-0.05, 0) is 12.1 Å². The van der Waals surface area contributed by atoms with Crippen LogP contribution in [-0.4, -0.2) is 26.4 Å². The second-order valence-corrected chi connectivity index (χ2v) is 3.50. The number of aromatic nitrogens is 3. The highest BCUT2D eigenvalue weighted by molar-refractivity contribution is 5.02. The van der Waals surface area contributed by atoms with Crippen molar-refractivity contribution in [2.24, 2.45) is 7.05 Å². The first kappa shape index (κ1) is 10.8. The number of aliphatic hydroxyl groups excluding tert-OH is 1. The first-order valence-electron chi connectivity index (χ1n) is 5.02. The van der Waals surface area contributed by atoms with E-state index in [-0.39, 0.29) is 0 Å². The largest absolute Gasteiger partial charge is 0.467 e. The van der Waals surface area contributed by atoms with Gasteiger partial charge in [0.25, 0.3) is 0 Å². The maximum Gasteiger partial charge on any atom is 0.164 e. The fourth-order valence-electron chi connectivity index (χ4n) is 1.37. The third kappa shape index (κ3) is 2.68. The van der Waals surface area contributed by atoms with E-state index in [9.17, 15) is 5.11 Å². The molecule has 2 rings (SSSR count). The van der Waals surface area contributed by atoms with Crippen molar-refractivity contribution >= 4 is 0 Å². The lowest BCUT2D eigenvalue weighted by Gasteiger charge is -2.07. The molecule has 0 radical (unpaired) electrons. The van der Waals surface area contributed by atoms with E-state index in [1.54, 1.807) is 29.4 Å². The number of aryl methyl sites for hydroxylation is 1. The van der Waals surface area contributed by atoms with Gasteiger partial charge in [-0.1, -0.05) is 0 Å². The molecule has 0 spiro atoms. The van der Waals surface area contributed by atoms with Crippen molar-refractivity contribution in [1.29, 1.82) is 0 Å². The van der Waals surface area contributed by atoms with E-state index in [1.165, 1.54) is 0 Å². The summed E-state index contributed by atoms with van der Waals surface area (Å²) >= 11 is 0. The van der Waals surface area contributed by atoms with Crippen LogP contribution in [0.25, 0.3) is 0 Å². The van der Waals surface area contributed by atoms with E-state index in [0.29, 0.717) is 24.7 Å². The molecule has 0 aromatic carbocycles. The number of nitrogens with zero attached hydrogens (tertiary/aromatic N) is 3. The number of rotatable bonds is 5. The summed E-state index contributed by atoms with van der Waals surface area (Å²) in [6.45, 7) is 0.935. The van der Waals surface area contributed by atoms with Gasteiger partial charge in [0.2, 0.25) is 0 Å². The van der Waals surface area contributed by atoms with Gasteiger partial charge in [-0.3, -0.25) is 4.68 Å². The molecule has 0 bridgehead atoms. The van der Waals surface area contributed by atoms with Crippen molar-refractivity contribution in [1.82, 2.24) is 20.1 Å². The summed E-state index contributed by atoms with van der Waals surface area (Å²) in [4.78, 5) is 4.06. The molecule has 0 amide bonds.